The molecule has 1 N–H and O–H groups in total. The first-order valence-electron chi connectivity index (χ1n) is 8.74. The van der Waals surface area contributed by atoms with E-state index in [1.807, 2.05) is 10.9 Å². The van der Waals surface area contributed by atoms with Crippen LogP contribution in [-0.4, -0.2) is 34.3 Å². The summed E-state index contributed by atoms with van der Waals surface area (Å²) in [5, 5.41) is 8.01. The Morgan fingerprint density at radius 3 is 2.58 bits per heavy atom. The quantitative estimate of drug-likeness (QED) is 0.896. The van der Waals surface area contributed by atoms with Crippen LogP contribution in [0.3, 0.4) is 0 Å². The molecular formula is C19H29ClN4. The van der Waals surface area contributed by atoms with Gasteiger partial charge in [0.15, 0.2) is 0 Å². The Balaban J connectivity index is 0.00000208. The first-order valence-corrected chi connectivity index (χ1v) is 8.74. The maximum absolute atomic E-state index is 4.48. The van der Waals surface area contributed by atoms with Gasteiger partial charge in [-0.05, 0) is 31.4 Å². The highest BCUT2D eigenvalue weighted by molar-refractivity contribution is 5.85. The molecule has 0 saturated carbocycles. The summed E-state index contributed by atoms with van der Waals surface area (Å²) in [4.78, 5) is 2.57. The summed E-state index contributed by atoms with van der Waals surface area (Å²) in [5.41, 5.74) is 4.11. The number of hydrogen-bond acceptors (Lipinski definition) is 3. The van der Waals surface area contributed by atoms with Crippen LogP contribution in [0.1, 0.15) is 49.5 Å². The monoisotopic (exact) mass is 348 g/mol. The van der Waals surface area contributed by atoms with Crippen molar-refractivity contribution in [2.24, 2.45) is 0 Å². The van der Waals surface area contributed by atoms with E-state index in [-0.39, 0.29) is 12.4 Å². The van der Waals surface area contributed by atoms with Gasteiger partial charge in [-0.3, -0.25) is 9.58 Å². The molecular weight excluding hydrogens is 320 g/mol. The second-order valence-corrected chi connectivity index (χ2v) is 6.71. The van der Waals surface area contributed by atoms with Gasteiger partial charge in [0, 0.05) is 50.0 Å². The molecule has 132 valence electrons. The van der Waals surface area contributed by atoms with Gasteiger partial charge in [0.05, 0.1) is 6.20 Å². The van der Waals surface area contributed by atoms with Crippen LogP contribution in [0.25, 0.3) is 0 Å². The largest absolute Gasteiger partial charge is 0.314 e. The minimum absolute atomic E-state index is 0. The van der Waals surface area contributed by atoms with Gasteiger partial charge in [0.2, 0.25) is 0 Å². The molecule has 2 heterocycles. The van der Waals surface area contributed by atoms with E-state index < -0.39 is 0 Å². The topological polar surface area (TPSA) is 33.1 Å². The highest BCUT2D eigenvalue weighted by atomic mass is 35.5. The van der Waals surface area contributed by atoms with Crippen LogP contribution in [0.2, 0.25) is 0 Å². The molecule has 0 bridgehead atoms. The van der Waals surface area contributed by atoms with Crippen LogP contribution in [0.4, 0.5) is 0 Å². The molecule has 24 heavy (non-hydrogen) atoms. The lowest BCUT2D eigenvalue weighted by Gasteiger charge is -2.36. The zero-order valence-corrected chi connectivity index (χ0v) is 15.7. The van der Waals surface area contributed by atoms with Crippen molar-refractivity contribution in [1.82, 2.24) is 20.0 Å². The molecule has 2 aromatic rings. The molecule has 5 heteroatoms. The van der Waals surface area contributed by atoms with Crippen LogP contribution < -0.4 is 5.32 Å². The van der Waals surface area contributed by atoms with Crippen LogP contribution in [-0.2, 0) is 13.0 Å². The van der Waals surface area contributed by atoms with Crippen molar-refractivity contribution in [1.29, 1.82) is 0 Å². The number of piperazine rings is 1. The summed E-state index contributed by atoms with van der Waals surface area (Å²) in [6.07, 6.45) is 5.30. The highest BCUT2D eigenvalue weighted by Gasteiger charge is 2.24. The minimum Gasteiger partial charge on any atom is -0.314 e. The highest BCUT2D eigenvalue weighted by Crippen LogP contribution is 2.24. The zero-order chi connectivity index (χ0) is 16.2. The molecule has 1 aliphatic heterocycles. The Hall–Kier alpha value is -1.36. The zero-order valence-electron chi connectivity index (χ0n) is 14.9. The van der Waals surface area contributed by atoms with E-state index in [4.69, 9.17) is 0 Å². The minimum atomic E-state index is 0. The third-order valence-electron chi connectivity index (χ3n) is 4.70. The molecule has 1 saturated heterocycles. The predicted octanol–water partition coefficient (Wildman–Crippen LogP) is 3.59. The number of benzene rings is 1. The van der Waals surface area contributed by atoms with Crippen LogP contribution in [0, 0.1) is 0 Å². The van der Waals surface area contributed by atoms with Gasteiger partial charge in [-0.2, -0.15) is 5.10 Å². The fourth-order valence-electron chi connectivity index (χ4n) is 3.22. The van der Waals surface area contributed by atoms with E-state index in [9.17, 15) is 0 Å². The summed E-state index contributed by atoms with van der Waals surface area (Å²) in [6.45, 7) is 10.7. The standard InChI is InChI=1S/C19H28N4.ClH/c1-4-16-5-7-18(8-6-16)19-12-20-9-10-22(19)13-17-11-21-23(14-17)15(2)3;/h5-8,11,14-15,19-20H,4,9-10,12-13H2,1-3H3;1H. The van der Waals surface area contributed by atoms with Crippen molar-refractivity contribution >= 4 is 12.4 Å². The maximum atomic E-state index is 4.48. The molecule has 0 spiro atoms. The van der Waals surface area contributed by atoms with Crippen LogP contribution in [0.5, 0.6) is 0 Å². The number of nitrogens with zero attached hydrogens (tertiary/aromatic N) is 3. The molecule has 3 rings (SSSR count). The van der Waals surface area contributed by atoms with E-state index in [1.54, 1.807) is 0 Å². The van der Waals surface area contributed by atoms with E-state index in [1.165, 1.54) is 16.7 Å². The Bertz CT molecular complexity index is 621. The first kappa shape index (κ1) is 19.0. The lowest BCUT2D eigenvalue weighted by Crippen LogP contribution is -2.45. The smallest absolute Gasteiger partial charge is 0.0534 e. The van der Waals surface area contributed by atoms with E-state index in [2.05, 4.69) is 66.5 Å². The van der Waals surface area contributed by atoms with E-state index in [0.29, 0.717) is 12.1 Å². The number of aryl methyl sites for hydroxylation is 1. The molecule has 0 aliphatic carbocycles. The van der Waals surface area contributed by atoms with Crippen LogP contribution in [0.15, 0.2) is 36.7 Å². The lowest BCUT2D eigenvalue weighted by atomic mass is 10.0. The average Bonchev–Trinajstić information content (AvgIpc) is 3.04. The number of rotatable bonds is 5. The molecule has 0 amide bonds. The second-order valence-electron chi connectivity index (χ2n) is 6.71. The van der Waals surface area contributed by atoms with Crippen molar-refractivity contribution in [3.8, 4) is 0 Å². The van der Waals surface area contributed by atoms with Gasteiger partial charge in [0.25, 0.3) is 0 Å². The molecule has 1 unspecified atom stereocenters. The third-order valence-corrected chi connectivity index (χ3v) is 4.70. The van der Waals surface area contributed by atoms with Crippen LogP contribution >= 0.6 is 12.4 Å². The SMILES string of the molecule is CCc1ccc(C2CNCCN2Cc2cnn(C(C)C)c2)cc1.Cl. The lowest BCUT2D eigenvalue weighted by molar-refractivity contribution is 0.153. The van der Waals surface area contributed by atoms with Crippen molar-refractivity contribution in [2.75, 3.05) is 19.6 Å². The van der Waals surface area contributed by atoms with Gasteiger partial charge in [-0.15, -0.1) is 12.4 Å². The summed E-state index contributed by atoms with van der Waals surface area (Å²) >= 11 is 0. The third kappa shape index (κ3) is 4.38. The Morgan fingerprint density at radius 2 is 1.96 bits per heavy atom. The second kappa shape index (κ2) is 8.65. The summed E-state index contributed by atoms with van der Waals surface area (Å²) in [6, 6.07) is 9.97. The van der Waals surface area contributed by atoms with Crippen molar-refractivity contribution in [3.05, 3.63) is 53.3 Å². The van der Waals surface area contributed by atoms with Crippen molar-refractivity contribution in [2.45, 2.75) is 45.8 Å². The normalized spacial score (nSPS) is 18.6. The Labute approximate surface area is 151 Å². The molecule has 1 atom stereocenters. The van der Waals surface area contributed by atoms with Gasteiger partial charge in [-0.25, -0.2) is 0 Å². The van der Waals surface area contributed by atoms with E-state index in [0.717, 1.165) is 32.6 Å². The van der Waals surface area contributed by atoms with Crippen molar-refractivity contribution in [3.63, 3.8) is 0 Å². The van der Waals surface area contributed by atoms with E-state index >= 15 is 0 Å². The summed E-state index contributed by atoms with van der Waals surface area (Å²) < 4.78 is 2.04. The fraction of sp³-hybridized carbons (Fsp3) is 0.526. The molecule has 1 aromatic heterocycles. The van der Waals surface area contributed by atoms with Gasteiger partial charge < -0.3 is 5.32 Å². The van der Waals surface area contributed by atoms with Gasteiger partial charge >= 0.3 is 0 Å². The number of halogens is 1. The molecule has 1 fully saturated rings. The number of aromatic nitrogens is 2. The molecule has 1 aliphatic rings. The first-order chi connectivity index (χ1) is 11.2. The summed E-state index contributed by atoms with van der Waals surface area (Å²) in [5.74, 6) is 0. The fourth-order valence-corrected chi connectivity index (χ4v) is 3.22. The number of nitrogens with one attached hydrogen (secondary N) is 1. The number of hydrogen-bond donors (Lipinski definition) is 1. The van der Waals surface area contributed by atoms with Gasteiger partial charge in [-0.1, -0.05) is 31.2 Å². The Morgan fingerprint density at radius 1 is 1.21 bits per heavy atom. The predicted molar refractivity (Wildman–Crippen MR) is 102 cm³/mol. The molecule has 1 aromatic carbocycles. The Kier molecular flexibility index (Phi) is 6.84. The average molecular weight is 349 g/mol. The molecule has 0 radical (unpaired) electrons. The van der Waals surface area contributed by atoms with Crippen molar-refractivity contribution < 1.29 is 0 Å². The van der Waals surface area contributed by atoms with Gasteiger partial charge in [0.1, 0.15) is 0 Å². The molecule has 4 nitrogen and oxygen atoms in total. The maximum Gasteiger partial charge on any atom is 0.0534 e. The summed E-state index contributed by atoms with van der Waals surface area (Å²) in [7, 11) is 0.